The quantitative estimate of drug-likeness (QED) is 0.292. The Morgan fingerprint density at radius 3 is 2.67 bits per heavy atom. The van der Waals surface area contributed by atoms with Crippen LogP contribution in [-0.2, 0) is 0 Å². The summed E-state index contributed by atoms with van der Waals surface area (Å²) < 4.78 is 11.3. The molecule has 3 aromatic heterocycles. The molecule has 3 heterocycles. The number of carbonyl (C=O) groups excluding carboxylic acids is 1. The summed E-state index contributed by atoms with van der Waals surface area (Å²) in [6.07, 6.45) is 1.57. The molecule has 4 rings (SSSR count). The van der Waals surface area contributed by atoms with Crippen LogP contribution >= 0.6 is 12.2 Å². The third-order valence-electron chi connectivity index (χ3n) is 4.39. The van der Waals surface area contributed by atoms with Gasteiger partial charge in [0.1, 0.15) is 5.76 Å². The minimum absolute atomic E-state index is 0.0673. The van der Waals surface area contributed by atoms with Crippen molar-refractivity contribution in [3.8, 4) is 22.6 Å². The number of nitrogens with zero attached hydrogens (tertiary/aromatic N) is 1. The van der Waals surface area contributed by atoms with E-state index in [1.807, 2.05) is 49.4 Å². The van der Waals surface area contributed by atoms with Crippen LogP contribution in [0.1, 0.15) is 17.5 Å². The zero-order valence-electron chi connectivity index (χ0n) is 16.1. The highest BCUT2D eigenvalue weighted by molar-refractivity contribution is 7.80. The summed E-state index contributed by atoms with van der Waals surface area (Å²) in [5, 5.41) is 3.65. The fraction of sp³-hybridized carbons (Fsp3) is 0.0952. The minimum atomic E-state index is -0.572. The molecule has 0 radical (unpaired) electrons. The molecule has 0 saturated heterocycles. The average molecular weight is 421 g/mol. The second-order valence-electron chi connectivity index (χ2n) is 6.36. The van der Waals surface area contributed by atoms with E-state index in [4.69, 9.17) is 26.8 Å². The van der Waals surface area contributed by atoms with Crippen LogP contribution in [0, 0.1) is 0 Å². The van der Waals surface area contributed by atoms with Gasteiger partial charge in [-0.1, -0.05) is 30.3 Å². The monoisotopic (exact) mass is 421 g/mol. The Morgan fingerprint density at radius 1 is 1.17 bits per heavy atom. The van der Waals surface area contributed by atoms with Gasteiger partial charge in [0.2, 0.25) is 11.5 Å². The normalized spacial score (nSPS) is 10.7. The van der Waals surface area contributed by atoms with Gasteiger partial charge in [-0.05, 0) is 37.3 Å². The summed E-state index contributed by atoms with van der Waals surface area (Å²) in [4.78, 5) is 17.2. The Kier molecular flexibility index (Phi) is 5.36. The van der Waals surface area contributed by atoms with E-state index in [1.54, 1.807) is 12.3 Å². The molecule has 1 amide bonds. The Labute approximate surface area is 177 Å². The third kappa shape index (κ3) is 3.70. The number of aromatic nitrogens is 1. The summed E-state index contributed by atoms with van der Waals surface area (Å²) >= 11 is 5.04. The Bertz CT molecular complexity index is 1200. The number of anilines is 1. The number of pyridine rings is 1. The van der Waals surface area contributed by atoms with Crippen LogP contribution in [0.4, 0.5) is 5.69 Å². The summed E-state index contributed by atoms with van der Waals surface area (Å²) in [7, 11) is 0. The van der Waals surface area contributed by atoms with E-state index in [2.05, 4.69) is 21.2 Å². The molecule has 1 aromatic carbocycles. The fourth-order valence-corrected chi connectivity index (χ4v) is 3.24. The summed E-state index contributed by atoms with van der Waals surface area (Å²) in [6, 6.07) is 15.1. The minimum Gasteiger partial charge on any atom is -0.464 e. The number of benzene rings is 1. The van der Waals surface area contributed by atoms with Gasteiger partial charge in [0.25, 0.3) is 0 Å². The van der Waals surface area contributed by atoms with Crippen molar-refractivity contribution in [2.45, 2.75) is 6.92 Å². The van der Waals surface area contributed by atoms with Gasteiger partial charge >= 0.3 is 5.91 Å². The number of nitrogens with two attached hydrogens (primary N) is 1. The molecule has 0 aliphatic rings. The molecule has 0 aliphatic carbocycles. The van der Waals surface area contributed by atoms with Crippen molar-refractivity contribution in [1.82, 2.24) is 21.2 Å². The first kappa shape index (κ1) is 19.5. The Balaban J connectivity index is 1.80. The van der Waals surface area contributed by atoms with E-state index < -0.39 is 5.91 Å². The molecule has 0 spiro atoms. The van der Waals surface area contributed by atoms with Gasteiger partial charge in [-0.25, -0.2) is 4.98 Å². The average Bonchev–Trinajstić information content (AvgIpc) is 3.41. The molecule has 0 fully saturated rings. The van der Waals surface area contributed by atoms with E-state index in [1.165, 1.54) is 0 Å². The first-order valence-electron chi connectivity index (χ1n) is 9.25. The van der Waals surface area contributed by atoms with Crippen LogP contribution < -0.4 is 21.9 Å². The lowest BCUT2D eigenvalue weighted by Crippen LogP contribution is -2.46. The van der Waals surface area contributed by atoms with Crippen molar-refractivity contribution in [3.63, 3.8) is 0 Å². The summed E-state index contributed by atoms with van der Waals surface area (Å²) in [6.45, 7) is 2.51. The van der Waals surface area contributed by atoms with Crippen molar-refractivity contribution >= 4 is 40.0 Å². The molecular formula is C21H19N5O3S. The number of rotatable bonds is 4. The van der Waals surface area contributed by atoms with Gasteiger partial charge in [-0.15, -0.1) is 0 Å². The number of nitrogen functional groups attached to an aromatic ring is 1. The fourth-order valence-electron chi connectivity index (χ4n) is 3.05. The van der Waals surface area contributed by atoms with Crippen LogP contribution in [0.15, 0.2) is 63.6 Å². The van der Waals surface area contributed by atoms with Crippen LogP contribution in [0.3, 0.4) is 0 Å². The molecule has 9 heteroatoms. The Hall–Kier alpha value is -3.85. The number of hydrazine groups is 1. The van der Waals surface area contributed by atoms with Crippen LogP contribution in [0.5, 0.6) is 0 Å². The second kappa shape index (κ2) is 8.26. The molecule has 8 nitrogen and oxygen atoms in total. The predicted molar refractivity (Wildman–Crippen MR) is 118 cm³/mol. The molecule has 4 aromatic rings. The second-order valence-corrected chi connectivity index (χ2v) is 6.77. The molecule has 0 atom stereocenters. The van der Waals surface area contributed by atoms with Gasteiger partial charge in [0.15, 0.2) is 5.11 Å². The van der Waals surface area contributed by atoms with E-state index >= 15 is 0 Å². The van der Waals surface area contributed by atoms with Crippen molar-refractivity contribution in [3.05, 3.63) is 60.6 Å². The number of thiocarbonyl (C=S) groups is 1. The number of fused-ring (bicyclic) bond motifs is 1. The lowest BCUT2D eigenvalue weighted by atomic mass is 10.0. The number of furan rings is 2. The van der Waals surface area contributed by atoms with Crippen molar-refractivity contribution < 1.29 is 13.6 Å². The molecular weight excluding hydrogens is 402 g/mol. The molecule has 5 N–H and O–H groups in total. The first-order valence-corrected chi connectivity index (χ1v) is 9.65. The third-order valence-corrected chi connectivity index (χ3v) is 4.63. The molecule has 0 aliphatic heterocycles. The van der Waals surface area contributed by atoms with E-state index in [0.717, 1.165) is 5.56 Å². The molecule has 30 heavy (non-hydrogen) atoms. The molecule has 152 valence electrons. The SMILES string of the molecule is CCNC(=S)NNC(=O)c1oc2nc(-c3ccccc3)cc(-c3ccco3)c2c1N. The van der Waals surface area contributed by atoms with Gasteiger partial charge in [-0.3, -0.25) is 15.6 Å². The lowest BCUT2D eigenvalue weighted by Gasteiger charge is -2.09. The van der Waals surface area contributed by atoms with Crippen LogP contribution in [0.25, 0.3) is 33.7 Å². The van der Waals surface area contributed by atoms with Crippen molar-refractivity contribution in [2.75, 3.05) is 12.3 Å². The molecule has 0 saturated carbocycles. The maximum atomic E-state index is 12.6. The van der Waals surface area contributed by atoms with Gasteiger partial charge in [0.05, 0.1) is 23.0 Å². The smallest absolute Gasteiger partial charge is 0.307 e. The highest BCUT2D eigenvalue weighted by atomic mass is 32.1. The lowest BCUT2D eigenvalue weighted by molar-refractivity contribution is 0.0919. The number of hydrogen-bond donors (Lipinski definition) is 4. The van der Waals surface area contributed by atoms with Gasteiger partial charge < -0.3 is 19.9 Å². The molecule has 0 bridgehead atoms. The number of nitrogens with one attached hydrogen (secondary N) is 3. The van der Waals surface area contributed by atoms with Crippen molar-refractivity contribution in [2.24, 2.45) is 0 Å². The van der Waals surface area contributed by atoms with E-state index in [0.29, 0.717) is 28.9 Å². The standard InChI is InChI=1S/C21H19N5O3S/c1-2-23-21(30)26-25-19(27)18-17(22)16-13(15-9-6-10-28-15)11-14(24-20(16)29-18)12-7-4-3-5-8-12/h3-11H,2,22H2,1H3,(H,25,27)(H2,23,26,30). The van der Waals surface area contributed by atoms with E-state index in [-0.39, 0.29) is 22.3 Å². The van der Waals surface area contributed by atoms with Crippen LogP contribution in [-0.4, -0.2) is 22.5 Å². The number of amides is 1. The predicted octanol–water partition coefficient (Wildman–Crippen LogP) is 3.47. The van der Waals surface area contributed by atoms with Crippen molar-refractivity contribution in [1.29, 1.82) is 0 Å². The Morgan fingerprint density at radius 2 is 1.97 bits per heavy atom. The maximum Gasteiger partial charge on any atom is 0.307 e. The number of carbonyl (C=O) groups is 1. The topological polar surface area (TPSA) is 118 Å². The zero-order valence-corrected chi connectivity index (χ0v) is 16.9. The first-order chi connectivity index (χ1) is 14.6. The van der Waals surface area contributed by atoms with E-state index in [9.17, 15) is 4.79 Å². The summed E-state index contributed by atoms with van der Waals surface area (Å²) in [5.74, 6) is -0.0507. The number of hydrogen-bond acceptors (Lipinski definition) is 6. The zero-order chi connectivity index (χ0) is 21.1. The highest BCUT2D eigenvalue weighted by Gasteiger charge is 2.24. The largest absolute Gasteiger partial charge is 0.464 e. The molecule has 0 unspecified atom stereocenters. The van der Waals surface area contributed by atoms with Gasteiger partial charge in [0, 0.05) is 17.7 Å². The van der Waals surface area contributed by atoms with Crippen LogP contribution in [0.2, 0.25) is 0 Å². The summed E-state index contributed by atoms with van der Waals surface area (Å²) in [5.41, 5.74) is 14.0. The highest BCUT2D eigenvalue weighted by Crippen LogP contribution is 2.38. The van der Waals surface area contributed by atoms with Gasteiger partial charge in [-0.2, -0.15) is 0 Å². The maximum absolute atomic E-state index is 12.6.